The Kier molecular flexibility index (Phi) is 5.15. The molecule has 0 spiro atoms. The summed E-state index contributed by atoms with van der Waals surface area (Å²) in [6.45, 7) is 0.424. The van der Waals surface area contributed by atoms with Crippen molar-refractivity contribution in [2.75, 3.05) is 12.4 Å². The van der Waals surface area contributed by atoms with E-state index in [1.54, 1.807) is 23.6 Å². The smallest absolute Gasteiger partial charge is 0.207 e. The molecular formula is C9H14N3OPS. The van der Waals surface area contributed by atoms with Crippen molar-refractivity contribution >= 4 is 32.3 Å². The molecule has 1 heterocycles. The molecule has 15 heavy (non-hydrogen) atoms. The molecule has 1 aromatic heterocycles. The predicted octanol–water partition coefficient (Wildman–Crippen LogP) is 2.18. The molecule has 0 saturated heterocycles. The second kappa shape index (κ2) is 6.43. The van der Waals surface area contributed by atoms with Gasteiger partial charge in [0, 0.05) is 19.3 Å². The highest BCUT2D eigenvalue weighted by Crippen LogP contribution is 2.22. The Hall–Kier alpha value is -1.06. The summed E-state index contributed by atoms with van der Waals surface area (Å²) < 4.78 is 5.25. The third-order valence-electron chi connectivity index (χ3n) is 1.70. The monoisotopic (exact) mass is 243 g/mol. The van der Waals surface area contributed by atoms with E-state index in [1.165, 1.54) is 0 Å². The van der Waals surface area contributed by atoms with Crippen molar-refractivity contribution in [3.05, 3.63) is 28.6 Å². The second-order valence-corrected chi connectivity index (χ2v) is 3.99. The van der Waals surface area contributed by atoms with Gasteiger partial charge in [-0.25, -0.2) is 0 Å². The Bertz CT molecular complexity index is 351. The van der Waals surface area contributed by atoms with E-state index in [0.29, 0.717) is 6.61 Å². The quantitative estimate of drug-likeness (QED) is 0.422. The van der Waals surface area contributed by atoms with Crippen LogP contribution in [0.1, 0.15) is 4.88 Å². The molecule has 1 aromatic rings. The van der Waals surface area contributed by atoms with Crippen LogP contribution in [-0.2, 0) is 11.3 Å². The Balaban J connectivity index is 2.43. The van der Waals surface area contributed by atoms with Gasteiger partial charge in [0.15, 0.2) is 0 Å². The van der Waals surface area contributed by atoms with Crippen LogP contribution in [0.2, 0.25) is 0 Å². The maximum absolute atomic E-state index is 7.45. The van der Waals surface area contributed by atoms with Gasteiger partial charge in [0.1, 0.15) is 6.61 Å². The van der Waals surface area contributed by atoms with Crippen molar-refractivity contribution in [2.24, 2.45) is 0 Å². The molecule has 0 bridgehead atoms. The van der Waals surface area contributed by atoms with Gasteiger partial charge in [0.25, 0.3) is 0 Å². The van der Waals surface area contributed by atoms with Crippen molar-refractivity contribution in [1.82, 2.24) is 5.09 Å². The average Bonchev–Trinajstić information content (AvgIpc) is 2.70. The van der Waals surface area contributed by atoms with Gasteiger partial charge < -0.3 is 15.1 Å². The van der Waals surface area contributed by atoms with Crippen LogP contribution in [0.3, 0.4) is 0 Å². The summed E-state index contributed by atoms with van der Waals surface area (Å²) in [6.07, 6.45) is 3.18. The van der Waals surface area contributed by atoms with Gasteiger partial charge in [-0.1, -0.05) is 0 Å². The lowest BCUT2D eigenvalue weighted by Crippen LogP contribution is -2.01. The standard InChI is InChI=1S/C9H14N3OPS/c1-11-7-3-5-15-8(7)6-13-9(10)2-4-12-14/h2-5,10-12H,6,14H2,1H3/b4-2-,10-9?. The molecule has 82 valence electrons. The van der Waals surface area contributed by atoms with Crippen LogP contribution in [0.4, 0.5) is 5.69 Å². The van der Waals surface area contributed by atoms with Crippen LogP contribution in [0, 0.1) is 5.41 Å². The number of hydrogen-bond acceptors (Lipinski definition) is 5. The average molecular weight is 243 g/mol. The highest BCUT2D eigenvalue weighted by molar-refractivity contribution is 7.13. The predicted molar refractivity (Wildman–Crippen MR) is 68.4 cm³/mol. The van der Waals surface area contributed by atoms with Crippen LogP contribution >= 0.6 is 20.7 Å². The molecule has 0 saturated carbocycles. The van der Waals surface area contributed by atoms with Crippen molar-refractivity contribution in [3.63, 3.8) is 0 Å². The lowest BCUT2D eigenvalue weighted by molar-refractivity contribution is 0.296. The molecule has 6 heteroatoms. The van der Waals surface area contributed by atoms with E-state index in [-0.39, 0.29) is 5.90 Å². The van der Waals surface area contributed by atoms with Crippen LogP contribution < -0.4 is 10.4 Å². The molecule has 4 nitrogen and oxygen atoms in total. The van der Waals surface area contributed by atoms with Gasteiger partial charge >= 0.3 is 0 Å². The maximum atomic E-state index is 7.45. The van der Waals surface area contributed by atoms with Crippen LogP contribution in [-0.4, -0.2) is 12.9 Å². The van der Waals surface area contributed by atoms with E-state index in [4.69, 9.17) is 10.1 Å². The second-order valence-electron chi connectivity index (χ2n) is 2.66. The fraction of sp³-hybridized carbons (Fsp3) is 0.222. The molecule has 1 atom stereocenters. The SMILES string of the molecule is CNc1ccsc1COC(=N)/C=C\NP. The molecule has 0 aliphatic rings. The van der Waals surface area contributed by atoms with Crippen molar-refractivity contribution < 1.29 is 4.74 Å². The van der Waals surface area contributed by atoms with E-state index in [0.717, 1.165) is 10.6 Å². The molecule has 0 aromatic carbocycles. The molecular weight excluding hydrogens is 229 g/mol. The number of hydrogen-bond donors (Lipinski definition) is 3. The number of rotatable bonds is 5. The Morgan fingerprint density at radius 1 is 1.73 bits per heavy atom. The van der Waals surface area contributed by atoms with Crippen LogP contribution in [0.5, 0.6) is 0 Å². The zero-order chi connectivity index (χ0) is 11.1. The van der Waals surface area contributed by atoms with Crippen molar-refractivity contribution in [2.45, 2.75) is 6.61 Å². The van der Waals surface area contributed by atoms with E-state index >= 15 is 0 Å². The largest absolute Gasteiger partial charge is 0.472 e. The van der Waals surface area contributed by atoms with Gasteiger partial charge in [0.2, 0.25) is 5.90 Å². The lowest BCUT2D eigenvalue weighted by atomic mass is 10.4. The summed E-state index contributed by atoms with van der Waals surface area (Å²) in [5.41, 5.74) is 1.06. The molecule has 0 aliphatic carbocycles. The molecule has 3 N–H and O–H groups in total. The zero-order valence-corrected chi connectivity index (χ0v) is 10.4. The normalized spacial score (nSPS) is 10.3. The number of thiophene rings is 1. The van der Waals surface area contributed by atoms with Gasteiger partial charge in [-0.05, 0) is 20.8 Å². The summed E-state index contributed by atoms with van der Waals surface area (Å²) in [7, 11) is 4.19. The Morgan fingerprint density at radius 2 is 2.53 bits per heavy atom. The Morgan fingerprint density at radius 3 is 3.20 bits per heavy atom. The number of nitrogens with one attached hydrogen (secondary N) is 3. The highest BCUT2D eigenvalue weighted by atomic mass is 32.1. The van der Waals surface area contributed by atoms with E-state index in [9.17, 15) is 0 Å². The first-order valence-corrected chi connectivity index (χ1v) is 5.81. The topological polar surface area (TPSA) is 57.1 Å². The summed E-state index contributed by atoms with van der Waals surface area (Å²) in [6, 6.07) is 1.99. The highest BCUT2D eigenvalue weighted by Gasteiger charge is 2.03. The number of ether oxygens (including phenoxy) is 1. The minimum absolute atomic E-state index is 0.139. The molecule has 0 aliphatic heterocycles. The van der Waals surface area contributed by atoms with Gasteiger partial charge in [-0.2, -0.15) is 0 Å². The number of anilines is 1. The molecule has 0 radical (unpaired) electrons. The van der Waals surface area contributed by atoms with E-state index in [2.05, 4.69) is 19.8 Å². The summed E-state index contributed by atoms with van der Waals surface area (Å²) in [5.74, 6) is 0.139. The van der Waals surface area contributed by atoms with Crippen molar-refractivity contribution in [1.29, 1.82) is 5.41 Å². The fourth-order valence-electron chi connectivity index (χ4n) is 0.990. The first kappa shape index (κ1) is 12.0. The third kappa shape index (κ3) is 3.90. The van der Waals surface area contributed by atoms with Crippen LogP contribution in [0.25, 0.3) is 0 Å². The van der Waals surface area contributed by atoms with Crippen LogP contribution in [0.15, 0.2) is 23.7 Å². The van der Waals surface area contributed by atoms with Crippen molar-refractivity contribution in [3.8, 4) is 0 Å². The van der Waals surface area contributed by atoms with Gasteiger partial charge in [0.05, 0.1) is 10.6 Å². The summed E-state index contributed by atoms with van der Waals surface area (Å²) in [4.78, 5) is 1.09. The van der Waals surface area contributed by atoms with E-state index in [1.807, 2.05) is 18.5 Å². The molecule has 1 rings (SSSR count). The minimum atomic E-state index is 0.139. The maximum Gasteiger partial charge on any atom is 0.207 e. The van der Waals surface area contributed by atoms with E-state index < -0.39 is 0 Å². The van der Waals surface area contributed by atoms with Gasteiger partial charge in [-0.3, -0.25) is 5.41 Å². The fourth-order valence-corrected chi connectivity index (χ4v) is 1.88. The summed E-state index contributed by atoms with van der Waals surface area (Å²) in [5, 5.41) is 15.2. The summed E-state index contributed by atoms with van der Waals surface area (Å²) >= 11 is 1.61. The first-order chi connectivity index (χ1) is 7.27. The first-order valence-electron chi connectivity index (χ1n) is 4.36. The Labute approximate surface area is 95.5 Å². The minimum Gasteiger partial charge on any atom is -0.472 e. The van der Waals surface area contributed by atoms with Gasteiger partial charge in [-0.15, -0.1) is 11.3 Å². The third-order valence-corrected chi connectivity index (χ3v) is 2.79. The molecule has 1 unspecified atom stereocenters. The zero-order valence-electron chi connectivity index (χ0n) is 8.41. The lowest BCUT2D eigenvalue weighted by Gasteiger charge is -2.04. The molecule has 0 amide bonds. The molecule has 0 fully saturated rings.